The number of halogens is 1. The van der Waals surface area contributed by atoms with Crippen LogP contribution in [0.15, 0.2) is 36.8 Å². The van der Waals surface area contributed by atoms with E-state index in [2.05, 4.69) is 29.9 Å². The molecule has 3 aromatic rings. The maximum Gasteiger partial charge on any atom is 0.225 e. The summed E-state index contributed by atoms with van der Waals surface area (Å²) in [5, 5.41) is 15.6. The molecule has 0 amide bonds. The minimum absolute atomic E-state index is 0.369. The molecule has 2 aromatic heterocycles. The van der Waals surface area contributed by atoms with Crippen LogP contribution in [0.4, 0.5) is 10.3 Å². The zero-order chi connectivity index (χ0) is 20.8. The maximum atomic E-state index is 13.5. The summed E-state index contributed by atoms with van der Waals surface area (Å²) in [7, 11) is 1.83. The number of hydrogen-bond acceptors (Lipinski definition) is 7. The Morgan fingerprint density at radius 1 is 1.10 bits per heavy atom. The second-order valence-corrected chi connectivity index (χ2v) is 8.19. The van der Waals surface area contributed by atoms with E-state index in [-0.39, 0.29) is 5.82 Å². The lowest BCUT2D eigenvalue weighted by Gasteiger charge is -2.27. The Morgan fingerprint density at radius 3 is 2.50 bits per heavy atom. The van der Waals surface area contributed by atoms with Crippen LogP contribution in [-0.4, -0.2) is 60.9 Å². The number of aromatic nitrogens is 5. The van der Waals surface area contributed by atoms with Gasteiger partial charge in [0.2, 0.25) is 5.95 Å². The van der Waals surface area contributed by atoms with Gasteiger partial charge in [0.1, 0.15) is 12.6 Å². The normalized spacial score (nSPS) is 22.5. The van der Waals surface area contributed by atoms with Crippen LogP contribution in [-0.2, 0) is 7.05 Å². The molecule has 0 bridgehead atoms. The largest absolute Gasteiger partial charge is 0.374 e. The van der Waals surface area contributed by atoms with Crippen molar-refractivity contribution >= 4 is 5.95 Å². The standard InChI is InChI=1S/C21H24FN7O/c1-13-18(22)7-23-21(25-13)29-10-14-8-28(9-15(14)11-29)20(30)17-6-4-3-5-16(17)19-24-12-27(2)26-19/h3-7,12,14-15,20,30H,8-11H2,1-2H3. The third-order valence-electron chi connectivity index (χ3n) is 6.13. The van der Waals surface area contributed by atoms with Crippen LogP contribution in [0.3, 0.4) is 0 Å². The van der Waals surface area contributed by atoms with Crippen molar-refractivity contribution < 1.29 is 9.50 Å². The second kappa shape index (κ2) is 7.41. The number of hydrogen-bond donors (Lipinski definition) is 1. The molecule has 0 spiro atoms. The first-order chi connectivity index (χ1) is 14.5. The average molecular weight is 409 g/mol. The van der Waals surface area contributed by atoms with Crippen LogP contribution in [0, 0.1) is 24.6 Å². The van der Waals surface area contributed by atoms with Gasteiger partial charge in [0.25, 0.3) is 0 Å². The molecule has 0 radical (unpaired) electrons. The van der Waals surface area contributed by atoms with Crippen LogP contribution >= 0.6 is 0 Å². The van der Waals surface area contributed by atoms with Gasteiger partial charge in [-0.3, -0.25) is 9.58 Å². The van der Waals surface area contributed by atoms with Crippen molar-refractivity contribution in [3.05, 3.63) is 53.9 Å². The summed E-state index contributed by atoms with van der Waals surface area (Å²) in [5.41, 5.74) is 2.03. The second-order valence-electron chi connectivity index (χ2n) is 8.19. The van der Waals surface area contributed by atoms with Crippen LogP contribution in [0.25, 0.3) is 11.4 Å². The lowest BCUT2D eigenvalue weighted by molar-refractivity contribution is 0.0145. The molecule has 8 nitrogen and oxygen atoms in total. The van der Waals surface area contributed by atoms with E-state index in [1.54, 1.807) is 17.9 Å². The Hall–Kier alpha value is -2.91. The summed E-state index contributed by atoms with van der Waals surface area (Å²) >= 11 is 0. The zero-order valence-electron chi connectivity index (χ0n) is 17.0. The summed E-state index contributed by atoms with van der Waals surface area (Å²) in [4.78, 5) is 17.0. The van der Waals surface area contributed by atoms with Gasteiger partial charge in [0, 0.05) is 44.4 Å². The van der Waals surface area contributed by atoms with Gasteiger partial charge >= 0.3 is 0 Å². The molecule has 1 aromatic carbocycles. The minimum Gasteiger partial charge on any atom is -0.374 e. The van der Waals surface area contributed by atoms with E-state index in [1.165, 1.54) is 6.20 Å². The number of rotatable bonds is 4. The summed E-state index contributed by atoms with van der Waals surface area (Å²) in [6.07, 6.45) is 2.19. The maximum absolute atomic E-state index is 13.5. The van der Waals surface area contributed by atoms with Crippen molar-refractivity contribution in [3.63, 3.8) is 0 Å². The highest BCUT2D eigenvalue weighted by molar-refractivity contribution is 5.60. The molecule has 0 aliphatic carbocycles. The van der Waals surface area contributed by atoms with Gasteiger partial charge < -0.3 is 10.0 Å². The number of aliphatic hydroxyl groups is 1. The van der Waals surface area contributed by atoms with E-state index in [0.717, 1.165) is 37.3 Å². The highest BCUT2D eigenvalue weighted by Crippen LogP contribution is 2.37. The molecule has 0 saturated carbocycles. The lowest BCUT2D eigenvalue weighted by Crippen LogP contribution is -2.32. The predicted octanol–water partition coefficient (Wildman–Crippen LogP) is 1.78. The van der Waals surface area contributed by atoms with Gasteiger partial charge in [0.15, 0.2) is 11.6 Å². The topological polar surface area (TPSA) is 83.2 Å². The number of nitrogens with zero attached hydrogens (tertiary/aromatic N) is 7. The van der Waals surface area contributed by atoms with E-state index < -0.39 is 6.23 Å². The Morgan fingerprint density at radius 2 is 1.83 bits per heavy atom. The Kier molecular flexibility index (Phi) is 4.71. The molecule has 3 unspecified atom stereocenters. The third-order valence-corrected chi connectivity index (χ3v) is 6.13. The van der Waals surface area contributed by atoms with E-state index >= 15 is 0 Å². The molecule has 2 aliphatic heterocycles. The van der Waals surface area contributed by atoms with Crippen molar-refractivity contribution in [1.82, 2.24) is 29.6 Å². The van der Waals surface area contributed by atoms with E-state index in [4.69, 9.17) is 0 Å². The molecule has 3 atom stereocenters. The monoisotopic (exact) mass is 409 g/mol. The summed E-state index contributed by atoms with van der Waals surface area (Å²) < 4.78 is 15.1. The Bertz CT molecular complexity index is 1060. The summed E-state index contributed by atoms with van der Waals surface area (Å²) in [6.45, 7) is 4.84. The van der Waals surface area contributed by atoms with Gasteiger partial charge in [-0.15, -0.1) is 0 Å². The first-order valence-electron chi connectivity index (χ1n) is 10.1. The fourth-order valence-corrected chi connectivity index (χ4v) is 4.57. The molecule has 2 saturated heterocycles. The highest BCUT2D eigenvalue weighted by atomic mass is 19.1. The summed E-state index contributed by atoms with van der Waals surface area (Å²) in [6, 6.07) is 7.74. The van der Waals surface area contributed by atoms with Crippen LogP contribution in [0.2, 0.25) is 0 Å². The Labute approximate surface area is 174 Å². The summed E-state index contributed by atoms with van der Waals surface area (Å²) in [5.74, 6) is 1.64. The highest BCUT2D eigenvalue weighted by Gasteiger charge is 2.43. The number of fused-ring (bicyclic) bond motifs is 1. The number of aryl methyl sites for hydroxylation is 2. The van der Waals surface area contributed by atoms with Gasteiger partial charge in [-0.1, -0.05) is 24.3 Å². The average Bonchev–Trinajstić information content (AvgIpc) is 3.44. The molecule has 1 N–H and O–H groups in total. The smallest absolute Gasteiger partial charge is 0.225 e. The SMILES string of the molecule is Cc1nc(N2CC3CN(C(O)c4ccccc4-c4ncn(C)n4)CC3C2)ncc1F. The fraction of sp³-hybridized carbons (Fsp3) is 0.429. The molecule has 30 heavy (non-hydrogen) atoms. The predicted molar refractivity (Wildman–Crippen MR) is 109 cm³/mol. The Balaban J connectivity index is 1.31. The van der Waals surface area contributed by atoms with Crippen molar-refractivity contribution in [2.45, 2.75) is 13.2 Å². The number of anilines is 1. The van der Waals surface area contributed by atoms with Gasteiger partial charge in [-0.25, -0.2) is 19.3 Å². The molecule has 4 heterocycles. The number of aliphatic hydroxyl groups excluding tert-OH is 1. The number of benzene rings is 1. The quantitative estimate of drug-likeness (QED) is 0.703. The van der Waals surface area contributed by atoms with Crippen molar-refractivity contribution in [1.29, 1.82) is 0 Å². The molecular weight excluding hydrogens is 385 g/mol. The van der Waals surface area contributed by atoms with E-state index in [9.17, 15) is 9.50 Å². The third kappa shape index (κ3) is 3.33. The van der Waals surface area contributed by atoms with Gasteiger partial charge in [-0.05, 0) is 18.8 Å². The molecule has 2 fully saturated rings. The first-order valence-corrected chi connectivity index (χ1v) is 10.1. The van der Waals surface area contributed by atoms with Crippen LogP contribution < -0.4 is 4.90 Å². The van der Waals surface area contributed by atoms with Gasteiger partial charge in [0.05, 0.1) is 11.9 Å². The molecule has 2 aliphatic rings. The van der Waals surface area contributed by atoms with Gasteiger partial charge in [-0.2, -0.15) is 5.10 Å². The first kappa shape index (κ1) is 19.1. The van der Waals surface area contributed by atoms with Crippen molar-refractivity contribution in [2.75, 3.05) is 31.1 Å². The number of likely N-dealkylation sites (tertiary alicyclic amines) is 1. The van der Waals surface area contributed by atoms with Crippen molar-refractivity contribution in [3.8, 4) is 11.4 Å². The molecule has 9 heteroatoms. The van der Waals surface area contributed by atoms with Crippen LogP contribution in [0.1, 0.15) is 17.5 Å². The molecule has 5 rings (SSSR count). The molecule has 156 valence electrons. The van der Waals surface area contributed by atoms with Crippen molar-refractivity contribution in [2.24, 2.45) is 18.9 Å². The zero-order valence-corrected chi connectivity index (χ0v) is 17.0. The molecular formula is C21H24FN7O. The fourth-order valence-electron chi connectivity index (χ4n) is 4.57. The lowest BCUT2D eigenvalue weighted by atomic mass is 10.0. The minimum atomic E-state index is -0.714. The van der Waals surface area contributed by atoms with E-state index in [1.807, 2.05) is 31.3 Å². The van der Waals surface area contributed by atoms with E-state index in [0.29, 0.717) is 29.3 Å². The van der Waals surface area contributed by atoms with Crippen LogP contribution in [0.5, 0.6) is 0 Å².